The van der Waals surface area contributed by atoms with E-state index in [1.807, 2.05) is 56.3 Å². The van der Waals surface area contributed by atoms with E-state index >= 15 is 0 Å². The summed E-state index contributed by atoms with van der Waals surface area (Å²) in [4.78, 5) is 13.0. The molecule has 29 heavy (non-hydrogen) atoms. The van der Waals surface area contributed by atoms with Gasteiger partial charge < -0.3 is 5.32 Å². The highest BCUT2D eigenvalue weighted by Gasteiger charge is 2.35. The first kappa shape index (κ1) is 19.2. The first-order valence-corrected chi connectivity index (χ1v) is 11.0. The Balaban J connectivity index is 1.73. The van der Waals surface area contributed by atoms with Crippen LogP contribution in [0, 0.1) is 6.92 Å². The van der Waals surface area contributed by atoms with Gasteiger partial charge in [-0.3, -0.25) is 9.10 Å². The Kier molecular flexibility index (Phi) is 4.88. The molecule has 3 aromatic carbocycles. The first-order chi connectivity index (χ1) is 13.9. The lowest BCUT2D eigenvalue weighted by molar-refractivity contribution is -0.114. The molecule has 0 saturated carbocycles. The Bertz CT molecular complexity index is 1200. The maximum atomic E-state index is 13.3. The van der Waals surface area contributed by atoms with E-state index in [0.717, 1.165) is 23.1 Å². The number of benzene rings is 3. The summed E-state index contributed by atoms with van der Waals surface area (Å²) in [7, 11) is -3.84. The van der Waals surface area contributed by atoms with Gasteiger partial charge in [0.25, 0.3) is 10.0 Å². The Morgan fingerprint density at radius 1 is 0.966 bits per heavy atom. The van der Waals surface area contributed by atoms with Crippen molar-refractivity contribution in [1.29, 1.82) is 0 Å². The molecule has 1 aliphatic heterocycles. The fraction of sp³-hybridized carbons (Fsp3) is 0.174. The smallest absolute Gasteiger partial charge is 0.265 e. The zero-order valence-corrected chi connectivity index (χ0v) is 17.2. The van der Waals surface area contributed by atoms with Gasteiger partial charge in [0.15, 0.2) is 0 Å². The SMILES string of the molecule is CCc1ccccc1NC(=O)CN1c2ccc(C)cc2-c2ccccc2S1(=O)=O. The lowest BCUT2D eigenvalue weighted by Crippen LogP contribution is -2.40. The van der Waals surface area contributed by atoms with Gasteiger partial charge in [-0.2, -0.15) is 0 Å². The molecule has 1 aliphatic rings. The molecule has 148 valence electrons. The molecule has 0 saturated heterocycles. The standard InChI is InChI=1S/C23H22N2O3S/c1-3-17-8-4-6-10-20(17)24-23(26)15-25-21-13-12-16(2)14-19(21)18-9-5-7-11-22(18)29(25,27)28/h4-14H,3,15H2,1-2H3,(H,24,26). The summed E-state index contributed by atoms with van der Waals surface area (Å²) < 4.78 is 27.8. The number of hydrogen-bond donors (Lipinski definition) is 1. The number of aryl methyl sites for hydroxylation is 2. The maximum Gasteiger partial charge on any atom is 0.265 e. The van der Waals surface area contributed by atoms with Crippen LogP contribution >= 0.6 is 0 Å². The summed E-state index contributed by atoms with van der Waals surface area (Å²) in [5.74, 6) is -0.375. The van der Waals surface area contributed by atoms with Crippen LogP contribution in [0.3, 0.4) is 0 Å². The summed E-state index contributed by atoms with van der Waals surface area (Å²) in [5.41, 5.74) is 4.74. The fourth-order valence-corrected chi connectivity index (χ4v) is 5.34. The van der Waals surface area contributed by atoms with Crippen molar-refractivity contribution < 1.29 is 13.2 Å². The highest BCUT2D eigenvalue weighted by atomic mass is 32.2. The Hall–Kier alpha value is -3.12. The van der Waals surface area contributed by atoms with E-state index in [-0.39, 0.29) is 17.3 Å². The average Bonchev–Trinajstić information content (AvgIpc) is 2.72. The minimum atomic E-state index is -3.84. The van der Waals surface area contributed by atoms with Crippen LogP contribution in [-0.2, 0) is 21.2 Å². The number of anilines is 2. The normalized spacial score (nSPS) is 14.1. The number of rotatable bonds is 4. The predicted molar refractivity (Wildman–Crippen MR) is 116 cm³/mol. The van der Waals surface area contributed by atoms with Crippen molar-refractivity contribution in [3.05, 3.63) is 77.9 Å². The van der Waals surface area contributed by atoms with Crippen LogP contribution in [0.4, 0.5) is 11.4 Å². The third-order valence-corrected chi connectivity index (χ3v) is 6.94. The van der Waals surface area contributed by atoms with Crippen molar-refractivity contribution in [3.8, 4) is 11.1 Å². The number of fused-ring (bicyclic) bond motifs is 3. The van der Waals surface area contributed by atoms with E-state index < -0.39 is 10.0 Å². The van der Waals surface area contributed by atoms with E-state index in [9.17, 15) is 13.2 Å². The maximum absolute atomic E-state index is 13.3. The number of carbonyl (C=O) groups excluding carboxylic acids is 1. The van der Waals surface area contributed by atoms with Crippen LogP contribution in [-0.4, -0.2) is 20.9 Å². The van der Waals surface area contributed by atoms with E-state index in [0.29, 0.717) is 16.9 Å². The summed E-state index contributed by atoms with van der Waals surface area (Å²) in [6.45, 7) is 3.69. The number of nitrogens with zero attached hydrogens (tertiary/aromatic N) is 1. The second-order valence-electron chi connectivity index (χ2n) is 7.09. The lowest BCUT2D eigenvalue weighted by atomic mass is 10.0. The number of nitrogens with one attached hydrogen (secondary N) is 1. The van der Waals surface area contributed by atoms with Gasteiger partial charge in [0.2, 0.25) is 5.91 Å². The monoisotopic (exact) mass is 406 g/mol. The Labute approximate surface area is 171 Å². The zero-order chi connectivity index (χ0) is 20.6. The molecular weight excluding hydrogens is 384 g/mol. The molecule has 1 heterocycles. The summed E-state index contributed by atoms with van der Waals surface area (Å²) in [5, 5.41) is 2.87. The molecule has 4 rings (SSSR count). The number of carbonyl (C=O) groups is 1. The Morgan fingerprint density at radius 3 is 2.48 bits per heavy atom. The van der Waals surface area contributed by atoms with Crippen LogP contribution in [0.5, 0.6) is 0 Å². The number of sulfonamides is 1. The molecule has 0 bridgehead atoms. The summed E-state index contributed by atoms with van der Waals surface area (Å²) in [6, 6.07) is 20.0. The van der Waals surface area contributed by atoms with Crippen LogP contribution in [0.1, 0.15) is 18.1 Å². The molecule has 3 aromatic rings. The van der Waals surface area contributed by atoms with Crippen molar-refractivity contribution in [2.75, 3.05) is 16.2 Å². The van der Waals surface area contributed by atoms with Crippen molar-refractivity contribution in [2.24, 2.45) is 0 Å². The van der Waals surface area contributed by atoms with Crippen molar-refractivity contribution >= 4 is 27.3 Å². The molecule has 0 aliphatic carbocycles. The number of para-hydroxylation sites is 1. The molecule has 0 aromatic heterocycles. The van der Waals surface area contributed by atoms with Crippen molar-refractivity contribution in [3.63, 3.8) is 0 Å². The third kappa shape index (κ3) is 3.40. The third-order valence-electron chi connectivity index (χ3n) is 5.13. The number of amides is 1. The van der Waals surface area contributed by atoms with Crippen molar-refractivity contribution in [1.82, 2.24) is 0 Å². The van der Waals surface area contributed by atoms with Gasteiger partial charge in [0.05, 0.1) is 10.6 Å². The summed E-state index contributed by atoms with van der Waals surface area (Å²) in [6.07, 6.45) is 0.772. The molecule has 6 heteroatoms. The Morgan fingerprint density at radius 2 is 1.69 bits per heavy atom. The van der Waals surface area contributed by atoms with Gasteiger partial charge >= 0.3 is 0 Å². The summed E-state index contributed by atoms with van der Waals surface area (Å²) >= 11 is 0. The predicted octanol–water partition coefficient (Wildman–Crippen LogP) is 4.37. The fourth-order valence-electron chi connectivity index (χ4n) is 3.69. The van der Waals surface area contributed by atoms with Crippen LogP contribution in [0.2, 0.25) is 0 Å². The average molecular weight is 407 g/mol. The van der Waals surface area contributed by atoms with Crippen LogP contribution in [0.15, 0.2) is 71.6 Å². The molecule has 0 fully saturated rings. The van der Waals surface area contributed by atoms with Crippen LogP contribution in [0.25, 0.3) is 11.1 Å². The number of hydrogen-bond acceptors (Lipinski definition) is 3. The van der Waals surface area contributed by atoms with E-state index in [1.54, 1.807) is 24.3 Å². The van der Waals surface area contributed by atoms with Gasteiger partial charge in [0, 0.05) is 16.8 Å². The zero-order valence-electron chi connectivity index (χ0n) is 16.3. The van der Waals surface area contributed by atoms with Gasteiger partial charge in [0.1, 0.15) is 6.54 Å². The quantitative estimate of drug-likeness (QED) is 0.700. The first-order valence-electron chi connectivity index (χ1n) is 9.52. The molecule has 0 atom stereocenters. The minimum Gasteiger partial charge on any atom is -0.324 e. The largest absolute Gasteiger partial charge is 0.324 e. The van der Waals surface area contributed by atoms with Gasteiger partial charge in [-0.05, 0) is 43.2 Å². The van der Waals surface area contributed by atoms with Gasteiger partial charge in [-0.25, -0.2) is 8.42 Å². The molecule has 5 nitrogen and oxygen atoms in total. The second-order valence-corrected chi connectivity index (χ2v) is 8.92. The van der Waals surface area contributed by atoms with E-state index in [4.69, 9.17) is 0 Å². The highest BCUT2D eigenvalue weighted by molar-refractivity contribution is 7.93. The van der Waals surface area contributed by atoms with Gasteiger partial charge in [-0.15, -0.1) is 0 Å². The second kappa shape index (κ2) is 7.37. The topological polar surface area (TPSA) is 66.5 Å². The minimum absolute atomic E-state index is 0.222. The molecule has 0 spiro atoms. The molecule has 1 N–H and O–H groups in total. The van der Waals surface area contributed by atoms with E-state index in [1.165, 1.54) is 4.31 Å². The molecule has 1 amide bonds. The molecular formula is C23H22N2O3S. The van der Waals surface area contributed by atoms with Gasteiger partial charge in [-0.1, -0.05) is 55.0 Å². The van der Waals surface area contributed by atoms with Crippen LogP contribution < -0.4 is 9.62 Å². The van der Waals surface area contributed by atoms with Crippen molar-refractivity contribution in [2.45, 2.75) is 25.2 Å². The molecule has 0 radical (unpaired) electrons. The molecule has 0 unspecified atom stereocenters. The van der Waals surface area contributed by atoms with E-state index in [2.05, 4.69) is 5.32 Å². The highest BCUT2D eigenvalue weighted by Crippen LogP contribution is 2.43. The lowest BCUT2D eigenvalue weighted by Gasteiger charge is -2.32.